The molecule has 0 bridgehead atoms. The molecule has 6 aromatic carbocycles. The van der Waals surface area contributed by atoms with Crippen molar-refractivity contribution in [3.8, 4) is 11.1 Å². The Labute approximate surface area is 345 Å². The van der Waals surface area contributed by atoms with E-state index < -0.39 is 0 Å². The minimum absolute atomic E-state index is 0.831. The number of rotatable bonds is 16. The summed E-state index contributed by atoms with van der Waals surface area (Å²) in [4.78, 5) is 4.52. The Kier molecular flexibility index (Phi) is 14.3. The van der Waals surface area contributed by atoms with Gasteiger partial charge in [0.15, 0.2) is 0 Å². The Hall–Kier alpha value is -7.36. The molecular weight excluding hydrogens is 703 g/mol. The standard InChI is InChI=1S/C55H51N3/c1-6-20-45(7-2)47-29-36-54(37-30-47)58(52-26-16-11-17-27-52)55-40-33-49(34-41-55)56-42-19-18-21-43(4)44(5)28-35-50(8-3)57(51-24-14-10-15-25-51)53-38-31-48(32-39-53)46-22-12-9-13-23-46/h6-42,56H,4-5H2,1-3H3/b20-6-,21-18-,35-28-,42-19-,45-7+,50-8+. The predicted molar refractivity (Wildman–Crippen MR) is 253 cm³/mol. The Morgan fingerprint density at radius 2 is 0.966 bits per heavy atom. The highest BCUT2D eigenvalue weighted by atomic mass is 15.1. The maximum absolute atomic E-state index is 4.31. The molecule has 0 unspecified atom stereocenters. The first kappa shape index (κ1) is 40.3. The van der Waals surface area contributed by atoms with Gasteiger partial charge in [-0.05, 0) is 139 Å². The third-order valence-electron chi connectivity index (χ3n) is 9.68. The van der Waals surface area contributed by atoms with Crippen LogP contribution in [0.5, 0.6) is 0 Å². The summed E-state index contributed by atoms with van der Waals surface area (Å²) in [5.74, 6) is 0. The van der Waals surface area contributed by atoms with Crippen molar-refractivity contribution in [1.29, 1.82) is 0 Å². The van der Waals surface area contributed by atoms with Crippen LogP contribution in [0.25, 0.3) is 16.7 Å². The molecule has 0 heterocycles. The lowest BCUT2D eigenvalue weighted by atomic mass is 10.0. The van der Waals surface area contributed by atoms with Gasteiger partial charge in [0.25, 0.3) is 0 Å². The quantitative estimate of drug-likeness (QED) is 0.0993. The molecule has 0 aliphatic carbocycles. The second-order valence-electron chi connectivity index (χ2n) is 13.6. The number of para-hydroxylation sites is 2. The Morgan fingerprint density at radius 1 is 0.466 bits per heavy atom. The Balaban J connectivity index is 1.09. The second kappa shape index (κ2) is 20.5. The average molecular weight is 754 g/mol. The van der Waals surface area contributed by atoms with Crippen LogP contribution in [0.15, 0.2) is 255 Å². The maximum Gasteiger partial charge on any atom is 0.0463 e. The summed E-state index contributed by atoms with van der Waals surface area (Å²) in [7, 11) is 0. The highest BCUT2D eigenvalue weighted by Gasteiger charge is 2.14. The molecule has 286 valence electrons. The number of hydrogen-bond donors (Lipinski definition) is 1. The molecule has 0 saturated heterocycles. The van der Waals surface area contributed by atoms with E-state index in [0.29, 0.717) is 0 Å². The van der Waals surface area contributed by atoms with Crippen molar-refractivity contribution in [3.63, 3.8) is 0 Å². The predicted octanol–water partition coefficient (Wildman–Crippen LogP) is 15.7. The van der Waals surface area contributed by atoms with Gasteiger partial charge in [0, 0.05) is 46.0 Å². The van der Waals surface area contributed by atoms with Crippen molar-refractivity contribution in [2.75, 3.05) is 15.1 Å². The van der Waals surface area contributed by atoms with Gasteiger partial charge in [-0.1, -0.05) is 147 Å². The van der Waals surface area contributed by atoms with Crippen molar-refractivity contribution in [3.05, 3.63) is 260 Å². The third-order valence-corrected chi connectivity index (χ3v) is 9.68. The van der Waals surface area contributed by atoms with Crippen molar-refractivity contribution >= 4 is 39.7 Å². The van der Waals surface area contributed by atoms with E-state index in [1.165, 1.54) is 22.3 Å². The topological polar surface area (TPSA) is 18.5 Å². The molecular formula is C55H51N3. The van der Waals surface area contributed by atoms with Crippen molar-refractivity contribution in [2.45, 2.75) is 20.8 Å². The van der Waals surface area contributed by atoms with Gasteiger partial charge < -0.3 is 15.1 Å². The SMILES string of the molecule is C=C(/C=C\C=C/Nc1ccc(N(c2ccccc2)c2ccc(C(/C=C\C)=C/C)cc2)cc1)C(=C)/C=C\C(=C/C)N(c1ccccc1)c1ccc(-c2ccccc2)cc1. The molecule has 3 heteroatoms. The lowest BCUT2D eigenvalue weighted by Crippen LogP contribution is -2.15. The first-order valence-electron chi connectivity index (χ1n) is 19.7. The maximum atomic E-state index is 4.31. The summed E-state index contributed by atoms with van der Waals surface area (Å²) < 4.78 is 0. The van der Waals surface area contributed by atoms with Crippen LogP contribution in [-0.2, 0) is 0 Å². The van der Waals surface area contributed by atoms with Crippen molar-refractivity contribution < 1.29 is 0 Å². The van der Waals surface area contributed by atoms with Crippen LogP contribution in [0.4, 0.5) is 34.1 Å². The molecule has 3 nitrogen and oxygen atoms in total. The molecule has 0 aliphatic heterocycles. The van der Waals surface area contributed by atoms with E-state index in [1.807, 2.05) is 55.6 Å². The van der Waals surface area contributed by atoms with Gasteiger partial charge in [0.05, 0.1) is 0 Å². The monoisotopic (exact) mass is 753 g/mol. The third kappa shape index (κ3) is 10.5. The van der Waals surface area contributed by atoms with E-state index in [2.05, 4.69) is 218 Å². The molecule has 0 aliphatic rings. The molecule has 0 fully saturated rings. The minimum atomic E-state index is 0.831. The van der Waals surface area contributed by atoms with Crippen LogP contribution in [0.1, 0.15) is 26.3 Å². The van der Waals surface area contributed by atoms with E-state index >= 15 is 0 Å². The lowest BCUT2D eigenvalue weighted by Gasteiger charge is -2.26. The Bertz CT molecular complexity index is 2430. The van der Waals surface area contributed by atoms with Gasteiger partial charge in [-0.2, -0.15) is 0 Å². The molecule has 0 saturated carbocycles. The fraction of sp³-hybridized carbons (Fsp3) is 0.0545. The summed E-state index contributed by atoms with van der Waals surface area (Å²) in [5.41, 5.74) is 13.9. The summed E-state index contributed by atoms with van der Waals surface area (Å²) >= 11 is 0. The van der Waals surface area contributed by atoms with Crippen LogP contribution in [0.3, 0.4) is 0 Å². The fourth-order valence-electron chi connectivity index (χ4n) is 6.60. The zero-order valence-electron chi connectivity index (χ0n) is 33.7. The largest absolute Gasteiger partial charge is 0.362 e. The summed E-state index contributed by atoms with van der Waals surface area (Å²) in [6, 6.07) is 57.2. The van der Waals surface area contributed by atoms with Gasteiger partial charge in [0.1, 0.15) is 0 Å². The lowest BCUT2D eigenvalue weighted by molar-refractivity contribution is 1.20. The zero-order chi connectivity index (χ0) is 40.5. The highest BCUT2D eigenvalue weighted by molar-refractivity contribution is 5.80. The summed E-state index contributed by atoms with van der Waals surface area (Å²) in [6.45, 7) is 14.8. The summed E-state index contributed by atoms with van der Waals surface area (Å²) in [5, 5.41) is 3.39. The fourth-order valence-corrected chi connectivity index (χ4v) is 6.60. The number of allylic oxidation sites excluding steroid dienone is 12. The molecule has 0 spiro atoms. The molecule has 6 aromatic rings. The van der Waals surface area contributed by atoms with E-state index in [-0.39, 0.29) is 0 Å². The Morgan fingerprint density at radius 3 is 1.55 bits per heavy atom. The number of benzene rings is 6. The number of hydrogen-bond acceptors (Lipinski definition) is 3. The summed E-state index contributed by atoms with van der Waals surface area (Å²) in [6.07, 6.45) is 20.4. The average Bonchev–Trinajstić information content (AvgIpc) is 3.28. The minimum Gasteiger partial charge on any atom is -0.362 e. The molecule has 6 rings (SSSR count). The van der Waals surface area contributed by atoms with Crippen LogP contribution in [-0.4, -0.2) is 0 Å². The van der Waals surface area contributed by atoms with Crippen LogP contribution in [0.2, 0.25) is 0 Å². The molecule has 1 N–H and O–H groups in total. The number of nitrogens with zero attached hydrogens (tertiary/aromatic N) is 2. The van der Waals surface area contributed by atoms with Gasteiger partial charge in [-0.25, -0.2) is 0 Å². The normalized spacial score (nSPS) is 12.1. The zero-order valence-corrected chi connectivity index (χ0v) is 33.7. The van der Waals surface area contributed by atoms with Crippen molar-refractivity contribution in [1.82, 2.24) is 0 Å². The molecule has 0 atom stereocenters. The molecule has 0 amide bonds. The highest BCUT2D eigenvalue weighted by Crippen LogP contribution is 2.36. The van der Waals surface area contributed by atoms with Crippen LogP contribution < -0.4 is 15.1 Å². The first-order chi connectivity index (χ1) is 28.5. The van der Waals surface area contributed by atoms with Gasteiger partial charge in [-0.3, -0.25) is 0 Å². The van der Waals surface area contributed by atoms with Crippen molar-refractivity contribution in [2.24, 2.45) is 0 Å². The molecule has 0 radical (unpaired) electrons. The second-order valence-corrected chi connectivity index (χ2v) is 13.6. The molecule has 0 aromatic heterocycles. The van der Waals surface area contributed by atoms with Gasteiger partial charge in [0.2, 0.25) is 0 Å². The molecule has 58 heavy (non-hydrogen) atoms. The smallest absolute Gasteiger partial charge is 0.0463 e. The van der Waals surface area contributed by atoms with Crippen LogP contribution in [0, 0.1) is 0 Å². The van der Waals surface area contributed by atoms with Crippen LogP contribution >= 0.6 is 0 Å². The van der Waals surface area contributed by atoms with Gasteiger partial charge in [-0.15, -0.1) is 0 Å². The van der Waals surface area contributed by atoms with E-state index in [9.17, 15) is 0 Å². The van der Waals surface area contributed by atoms with E-state index in [4.69, 9.17) is 0 Å². The number of nitrogens with one attached hydrogen (secondary N) is 1. The first-order valence-corrected chi connectivity index (χ1v) is 19.7. The van der Waals surface area contributed by atoms with E-state index in [1.54, 1.807) is 0 Å². The van der Waals surface area contributed by atoms with E-state index in [0.717, 1.165) is 51.0 Å². The van der Waals surface area contributed by atoms with Gasteiger partial charge >= 0.3 is 0 Å². The number of anilines is 6.